The highest BCUT2D eigenvalue weighted by molar-refractivity contribution is 7.80. The van der Waals surface area contributed by atoms with E-state index in [1.165, 1.54) is 12.8 Å². The fourth-order valence-electron chi connectivity index (χ4n) is 1.28. The van der Waals surface area contributed by atoms with Gasteiger partial charge in [0.25, 0.3) is 0 Å². The molecule has 1 saturated carbocycles. The quantitative estimate of drug-likeness (QED) is 0.686. The van der Waals surface area contributed by atoms with Crippen LogP contribution >= 0.6 is 12.2 Å². The predicted molar refractivity (Wildman–Crippen MR) is 60.8 cm³/mol. The summed E-state index contributed by atoms with van der Waals surface area (Å²) in [4.78, 5) is 3.05. The van der Waals surface area contributed by atoms with E-state index in [4.69, 9.17) is 18.0 Å². The van der Waals surface area contributed by atoms with Crippen molar-refractivity contribution >= 4 is 17.2 Å². The lowest BCUT2D eigenvalue weighted by atomic mass is 9.89. The SMILES string of the molecule is CN(CCC(C)(C)C(N)=S)C1CC1. The van der Waals surface area contributed by atoms with Crippen LogP contribution in [0.4, 0.5) is 0 Å². The second-order valence-electron chi connectivity index (χ2n) is 4.71. The lowest BCUT2D eigenvalue weighted by Gasteiger charge is -2.26. The molecule has 76 valence electrons. The summed E-state index contributed by atoms with van der Waals surface area (Å²) < 4.78 is 0. The Morgan fingerprint density at radius 2 is 2.08 bits per heavy atom. The molecule has 1 rings (SSSR count). The number of nitrogens with two attached hydrogens (primary N) is 1. The molecular weight excluding hydrogens is 180 g/mol. The second-order valence-corrected chi connectivity index (χ2v) is 5.15. The Bertz CT molecular complexity index is 197. The number of nitrogens with zero attached hydrogens (tertiary/aromatic N) is 1. The molecule has 0 heterocycles. The normalized spacial score (nSPS) is 17.8. The Morgan fingerprint density at radius 1 is 1.54 bits per heavy atom. The largest absolute Gasteiger partial charge is 0.393 e. The van der Waals surface area contributed by atoms with Crippen LogP contribution in [0.15, 0.2) is 0 Å². The molecule has 1 aliphatic carbocycles. The molecule has 0 aromatic rings. The fraction of sp³-hybridized carbons (Fsp3) is 0.900. The zero-order valence-electron chi connectivity index (χ0n) is 8.84. The molecule has 1 fully saturated rings. The minimum atomic E-state index is 0.0124. The molecule has 0 atom stereocenters. The van der Waals surface area contributed by atoms with Gasteiger partial charge in [0.1, 0.15) is 0 Å². The van der Waals surface area contributed by atoms with Gasteiger partial charge in [0, 0.05) is 11.5 Å². The molecule has 0 aromatic carbocycles. The highest BCUT2D eigenvalue weighted by Crippen LogP contribution is 2.28. The van der Waals surface area contributed by atoms with Gasteiger partial charge < -0.3 is 10.6 Å². The standard InChI is InChI=1S/C10H20N2S/c1-10(2,9(11)13)6-7-12(3)8-4-5-8/h8H,4-7H2,1-3H3,(H2,11,13). The minimum absolute atomic E-state index is 0.0124. The predicted octanol–water partition coefficient (Wildman–Crippen LogP) is 1.78. The van der Waals surface area contributed by atoms with Gasteiger partial charge >= 0.3 is 0 Å². The Hall–Kier alpha value is -0.150. The van der Waals surface area contributed by atoms with Crippen LogP contribution < -0.4 is 5.73 Å². The van der Waals surface area contributed by atoms with E-state index in [9.17, 15) is 0 Å². The van der Waals surface area contributed by atoms with Crippen LogP contribution in [0, 0.1) is 5.41 Å². The Morgan fingerprint density at radius 3 is 2.46 bits per heavy atom. The summed E-state index contributed by atoms with van der Waals surface area (Å²) in [5, 5.41) is 0. The zero-order chi connectivity index (χ0) is 10.1. The van der Waals surface area contributed by atoms with Gasteiger partial charge in [-0.1, -0.05) is 26.1 Å². The molecule has 0 radical (unpaired) electrons. The first-order chi connectivity index (χ1) is 5.93. The van der Waals surface area contributed by atoms with Gasteiger partial charge in [-0.15, -0.1) is 0 Å². The van der Waals surface area contributed by atoms with Crippen LogP contribution in [0.5, 0.6) is 0 Å². The maximum Gasteiger partial charge on any atom is 0.0784 e. The lowest BCUT2D eigenvalue weighted by molar-refractivity contribution is 0.284. The van der Waals surface area contributed by atoms with Gasteiger partial charge in [0.05, 0.1) is 4.99 Å². The molecule has 0 aliphatic heterocycles. The van der Waals surface area contributed by atoms with E-state index in [1.54, 1.807) is 0 Å². The number of rotatable bonds is 5. The molecule has 0 spiro atoms. The Labute approximate surface area is 86.5 Å². The summed E-state index contributed by atoms with van der Waals surface area (Å²) in [7, 11) is 2.19. The number of hydrogen-bond acceptors (Lipinski definition) is 2. The van der Waals surface area contributed by atoms with Crippen molar-refractivity contribution in [2.75, 3.05) is 13.6 Å². The molecule has 13 heavy (non-hydrogen) atoms. The molecule has 0 aromatic heterocycles. The van der Waals surface area contributed by atoms with E-state index in [-0.39, 0.29) is 5.41 Å². The number of hydrogen-bond donors (Lipinski definition) is 1. The lowest BCUT2D eigenvalue weighted by Crippen LogP contribution is -2.34. The second kappa shape index (κ2) is 3.93. The van der Waals surface area contributed by atoms with Crippen molar-refractivity contribution < 1.29 is 0 Å². The van der Waals surface area contributed by atoms with Crippen LogP contribution in [0.3, 0.4) is 0 Å². The fourth-order valence-corrected chi connectivity index (χ4v) is 1.38. The third-order valence-corrected chi connectivity index (χ3v) is 3.48. The van der Waals surface area contributed by atoms with Crippen LogP contribution in [0.25, 0.3) is 0 Å². The first-order valence-corrected chi connectivity index (χ1v) is 5.34. The molecule has 3 heteroatoms. The highest BCUT2D eigenvalue weighted by atomic mass is 32.1. The summed E-state index contributed by atoms with van der Waals surface area (Å²) >= 11 is 5.02. The molecule has 1 aliphatic rings. The maximum absolute atomic E-state index is 5.66. The molecule has 2 nitrogen and oxygen atoms in total. The number of thiocarbonyl (C=S) groups is 1. The topological polar surface area (TPSA) is 29.3 Å². The Balaban J connectivity index is 2.27. The van der Waals surface area contributed by atoms with E-state index >= 15 is 0 Å². The van der Waals surface area contributed by atoms with E-state index in [1.807, 2.05) is 0 Å². The monoisotopic (exact) mass is 200 g/mol. The minimum Gasteiger partial charge on any atom is -0.393 e. The molecule has 0 saturated heterocycles. The van der Waals surface area contributed by atoms with Crippen LogP contribution in [-0.4, -0.2) is 29.5 Å². The van der Waals surface area contributed by atoms with Crippen molar-refractivity contribution in [2.24, 2.45) is 11.1 Å². The molecule has 0 bridgehead atoms. The molecule has 2 N–H and O–H groups in total. The van der Waals surface area contributed by atoms with Gasteiger partial charge in [0.15, 0.2) is 0 Å². The molecular formula is C10H20N2S. The summed E-state index contributed by atoms with van der Waals surface area (Å²) in [6.07, 6.45) is 3.79. The summed E-state index contributed by atoms with van der Waals surface area (Å²) in [5.41, 5.74) is 5.67. The van der Waals surface area contributed by atoms with E-state index in [0.717, 1.165) is 19.0 Å². The van der Waals surface area contributed by atoms with Crippen molar-refractivity contribution in [3.8, 4) is 0 Å². The van der Waals surface area contributed by atoms with Crippen LogP contribution in [-0.2, 0) is 0 Å². The van der Waals surface area contributed by atoms with Crippen molar-refractivity contribution in [1.82, 2.24) is 4.90 Å². The average Bonchev–Trinajstić information content (AvgIpc) is 2.82. The zero-order valence-corrected chi connectivity index (χ0v) is 9.66. The van der Waals surface area contributed by atoms with E-state index < -0.39 is 0 Å². The van der Waals surface area contributed by atoms with Crippen molar-refractivity contribution in [3.05, 3.63) is 0 Å². The van der Waals surface area contributed by atoms with Gasteiger partial charge in [0.2, 0.25) is 0 Å². The maximum atomic E-state index is 5.66. The average molecular weight is 200 g/mol. The van der Waals surface area contributed by atoms with Crippen molar-refractivity contribution in [2.45, 2.75) is 39.2 Å². The molecule has 0 unspecified atom stereocenters. The van der Waals surface area contributed by atoms with Gasteiger partial charge in [-0.3, -0.25) is 0 Å². The smallest absolute Gasteiger partial charge is 0.0784 e. The third-order valence-electron chi connectivity index (χ3n) is 2.93. The first-order valence-electron chi connectivity index (χ1n) is 4.93. The first kappa shape index (κ1) is 10.9. The van der Waals surface area contributed by atoms with Crippen LogP contribution in [0.2, 0.25) is 0 Å². The van der Waals surface area contributed by atoms with Crippen molar-refractivity contribution in [1.29, 1.82) is 0 Å². The summed E-state index contributed by atoms with van der Waals surface area (Å²) in [6, 6.07) is 0.835. The Kier molecular flexibility index (Phi) is 3.30. The summed E-state index contributed by atoms with van der Waals surface area (Å²) in [5.74, 6) is 0. The summed E-state index contributed by atoms with van der Waals surface area (Å²) in [6.45, 7) is 5.35. The van der Waals surface area contributed by atoms with Gasteiger partial charge in [-0.25, -0.2) is 0 Å². The van der Waals surface area contributed by atoms with Gasteiger partial charge in [-0.05, 0) is 32.9 Å². The van der Waals surface area contributed by atoms with E-state index in [0.29, 0.717) is 4.99 Å². The van der Waals surface area contributed by atoms with E-state index in [2.05, 4.69) is 25.8 Å². The van der Waals surface area contributed by atoms with Crippen LogP contribution in [0.1, 0.15) is 33.1 Å². The highest BCUT2D eigenvalue weighted by Gasteiger charge is 2.28. The van der Waals surface area contributed by atoms with Gasteiger partial charge in [-0.2, -0.15) is 0 Å². The third kappa shape index (κ3) is 3.24. The van der Waals surface area contributed by atoms with Crippen molar-refractivity contribution in [3.63, 3.8) is 0 Å². The molecule has 0 amide bonds.